The molecule has 1 unspecified atom stereocenters. The van der Waals surface area contributed by atoms with Crippen molar-refractivity contribution in [2.45, 2.75) is 38.6 Å². The van der Waals surface area contributed by atoms with E-state index in [9.17, 15) is 9.18 Å². The van der Waals surface area contributed by atoms with Gasteiger partial charge in [0.25, 0.3) is 5.91 Å². The number of rotatable bonds is 4. The zero-order valence-corrected chi connectivity index (χ0v) is 11.1. The van der Waals surface area contributed by atoms with Crippen molar-refractivity contribution in [3.8, 4) is 0 Å². The lowest BCUT2D eigenvalue weighted by atomic mass is 9.99. The number of hydrazine groups is 1. The minimum Gasteiger partial charge on any atom is -0.349 e. The number of nitrogen functional groups attached to an aromatic ring is 1. The molecule has 0 aromatic heterocycles. The highest BCUT2D eigenvalue weighted by Crippen LogP contribution is 2.28. The molecule has 2 rings (SSSR count). The van der Waals surface area contributed by atoms with Crippen LogP contribution in [0.4, 0.5) is 10.1 Å². The standard InChI is InChI=1S/C14H20FN3O/c1-9(10-5-2-3-6-10)17-14(19)11-7-4-8-12(15)13(11)18-16/h4,7-10,18H,2-3,5-6,16H2,1H3,(H,17,19). The molecule has 19 heavy (non-hydrogen) atoms. The van der Waals surface area contributed by atoms with Gasteiger partial charge in [0, 0.05) is 6.04 Å². The molecule has 1 aliphatic carbocycles. The van der Waals surface area contributed by atoms with Crippen molar-refractivity contribution >= 4 is 11.6 Å². The molecule has 1 aromatic rings. The predicted octanol–water partition coefficient (Wildman–Crippen LogP) is 2.42. The van der Waals surface area contributed by atoms with Crippen molar-refractivity contribution in [3.05, 3.63) is 29.6 Å². The van der Waals surface area contributed by atoms with Gasteiger partial charge in [0.1, 0.15) is 5.82 Å². The molecule has 5 heteroatoms. The molecule has 1 amide bonds. The summed E-state index contributed by atoms with van der Waals surface area (Å²) >= 11 is 0. The Hall–Kier alpha value is -1.62. The first-order valence-electron chi connectivity index (χ1n) is 6.69. The maximum atomic E-state index is 13.5. The number of anilines is 1. The molecule has 0 heterocycles. The minimum atomic E-state index is -0.524. The summed E-state index contributed by atoms with van der Waals surface area (Å²) in [5.41, 5.74) is 2.54. The number of hydrogen-bond donors (Lipinski definition) is 3. The van der Waals surface area contributed by atoms with E-state index in [2.05, 4.69) is 10.7 Å². The molecule has 4 N–H and O–H groups in total. The Labute approximate surface area is 112 Å². The first-order valence-corrected chi connectivity index (χ1v) is 6.69. The minimum absolute atomic E-state index is 0.0404. The molecule has 0 spiro atoms. The van der Waals surface area contributed by atoms with E-state index in [0.29, 0.717) is 5.92 Å². The molecule has 4 nitrogen and oxygen atoms in total. The fourth-order valence-corrected chi connectivity index (χ4v) is 2.72. The molecule has 0 radical (unpaired) electrons. The number of nitrogens with one attached hydrogen (secondary N) is 2. The van der Waals surface area contributed by atoms with Crippen LogP contribution in [0.3, 0.4) is 0 Å². The van der Waals surface area contributed by atoms with Crippen LogP contribution in [-0.4, -0.2) is 11.9 Å². The maximum absolute atomic E-state index is 13.5. The third kappa shape index (κ3) is 3.04. The second-order valence-corrected chi connectivity index (χ2v) is 5.11. The van der Waals surface area contributed by atoms with E-state index in [1.54, 1.807) is 6.07 Å². The monoisotopic (exact) mass is 265 g/mol. The van der Waals surface area contributed by atoms with Gasteiger partial charge in [-0.15, -0.1) is 0 Å². The molecule has 0 aliphatic heterocycles. The van der Waals surface area contributed by atoms with Gasteiger partial charge in [0.05, 0.1) is 11.3 Å². The maximum Gasteiger partial charge on any atom is 0.253 e. The highest BCUT2D eigenvalue weighted by molar-refractivity contribution is 5.99. The number of carbonyl (C=O) groups excluding carboxylic acids is 1. The van der Waals surface area contributed by atoms with E-state index >= 15 is 0 Å². The average Bonchev–Trinajstić information content (AvgIpc) is 2.92. The zero-order valence-electron chi connectivity index (χ0n) is 11.1. The average molecular weight is 265 g/mol. The smallest absolute Gasteiger partial charge is 0.253 e. The summed E-state index contributed by atoms with van der Waals surface area (Å²) in [5, 5.41) is 2.94. The normalized spacial score (nSPS) is 17.2. The topological polar surface area (TPSA) is 67.2 Å². The number of carbonyl (C=O) groups is 1. The van der Waals surface area contributed by atoms with E-state index in [-0.39, 0.29) is 23.2 Å². The first-order chi connectivity index (χ1) is 9.13. The molecule has 104 valence electrons. The molecule has 1 aliphatic rings. The molecular weight excluding hydrogens is 245 g/mol. The van der Waals surface area contributed by atoms with Crippen molar-refractivity contribution in [1.29, 1.82) is 0 Å². The van der Waals surface area contributed by atoms with Gasteiger partial charge in [-0.05, 0) is 37.8 Å². The van der Waals surface area contributed by atoms with Crippen molar-refractivity contribution < 1.29 is 9.18 Å². The van der Waals surface area contributed by atoms with Gasteiger partial charge < -0.3 is 10.7 Å². The van der Waals surface area contributed by atoms with Gasteiger partial charge in [-0.2, -0.15) is 0 Å². The van der Waals surface area contributed by atoms with Crippen LogP contribution in [-0.2, 0) is 0 Å². The highest BCUT2D eigenvalue weighted by atomic mass is 19.1. The van der Waals surface area contributed by atoms with E-state index in [1.807, 2.05) is 6.92 Å². The Balaban J connectivity index is 2.09. The van der Waals surface area contributed by atoms with Gasteiger partial charge in [-0.1, -0.05) is 18.9 Å². The fourth-order valence-electron chi connectivity index (χ4n) is 2.72. The van der Waals surface area contributed by atoms with Gasteiger partial charge in [-0.25, -0.2) is 4.39 Å². The third-order valence-corrected chi connectivity index (χ3v) is 3.87. The molecule has 0 saturated heterocycles. The second kappa shape index (κ2) is 6.02. The summed E-state index contributed by atoms with van der Waals surface area (Å²) < 4.78 is 13.5. The van der Waals surface area contributed by atoms with Crippen molar-refractivity contribution in [3.63, 3.8) is 0 Å². The largest absolute Gasteiger partial charge is 0.349 e. The van der Waals surface area contributed by atoms with E-state index in [4.69, 9.17) is 5.84 Å². The van der Waals surface area contributed by atoms with E-state index in [1.165, 1.54) is 25.0 Å². The van der Waals surface area contributed by atoms with Crippen LogP contribution < -0.4 is 16.6 Å². The molecule has 1 saturated carbocycles. The molecule has 1 atom stereocenters. The number of benzene rings is 1. The van der Waals surface area contributed by atoms with Crippen LogP contribution in [0.1, 0.15) is 43.0 Å². The fraction of sp³-hybridized carbons (Fsp3) is 0.500. The van der Waals surface area contributed by atoms with Crippen LogP contribution >= 0.6 is 0 Å². The number of nitrogens with two attached hydrogens (primary N) is 1. The van der Waals surface area contributed by atoms with Crippen LogP contribution in [0, 0.1) is 11.7 Å². The predicted molar refractivity (Wildman–Crippen MR) is 73.1 cm³/mol. The number of hydrogen-bond acceptors (Lipinski definition) is 3. The summed E-state index contributed by atoms with van der Waals surface area (Å²) in [6, 6.07) is 4.44. The summed E-state index contributed by atoms with van der Waals surface area (Å²) in [7, 11) is 0. The van der Waals surface area contributed by atoms with Crippen molar-refractivity contribution in [2.75, 3.05) is 5.43 Å². The van der Waals surface area contributed by atoms with Crippen LogP contribution in [0.5, 0.6) is 0 Å². The third-order valence-electron chi connectivity index (χ3n) is 3.87. The van der Waals surface area contributed by atoms with Crippen molar-refractivity contribution in [2.24, 2.45) is 11.8 Å². The Bertz CT molecular complexity index is 458. The number of amides is 1. The van der Waals surface area contributed by atoms with Gasteiger partial charge >= 0.3 is 0 Å². The molecular formula is C14H20FN3O. The Morgan fingerprint density at radius 1 is 1.42 bits per heavy atom. The summed E-state index contributed by atoms with van der Waals surface area (Å²) in [6.07, 6.45) is 4.74. The van der Waals surface area contributed by atoms with Crippen molar-refractivity contribution in [1.82, 2.24) is 5.32 Å². The summed E-state index contributed by atoms with van der Waals surface area (Å²) in [6.45, 7) is 2.00. The Morgan fingerprint density at radius 3 is 2.74 bits per heavy atom. The van der Waals surface area contributed by atoms with Crippen LogP contribution in [0.15, 0.2) is 18.2 Å². The van der Waals surface area contributed by atoms with Crippen LogP contribution in [0.2, 0.25) is 0 Å². The number of halogens is 1. The molecule has 1 fully saturated rings. The second-order valence-electron chi connectivity index (χ2n) is 5.11. The summed E-state index contributed by atoms with van der Waals surface area (Å²) in [5.74, 6) is 4.98. The first kappa shape index (κ1) is 13.8. The number of para-hydroxylation sites is 1. The van der Waals surface area contributed by atoms with Gasteiger partial charge in [-0.3, -0.25) is 10.6 Å². The Kier molecular flexibility index (Phi) is 4.37. The van der Waals surface area contributed by atoms with Gasteiger partial charge in [0.15, 0.2) is 0 Å². The lowest BCUT2D eigenvalue weighted by molar-refractivity contribution is 0.0927. The van der Waals surface area contributed by atoms with E-state index in [0.717, 1.165) is 12.8 Å². The lowest BCUT2D eigenvalue weighted by Crippen LogP contribution is -2.37. The SMILES string of the molecule is CC(NC(=O)c1cccc(F)c1NN)C1CCCC1. The van der Waals surface area contributed by atoms with Crippen LogP contribution in [0.25, 0.3) is 0 Å². The highest BCUT2D eigenvalue weighted by Gasteiger charge is 2.24. The molecule has 1 aromatic carbocycles. The Morgan fingerprint density at radius 2 is 2.11 bits per heavy atom. The van der Waals surface area contributed by atoms with E-state index < -0.39 is 5.82 Å². The zero-order chi connectivity index (χ0) is 13.8. The summed E-state index contributed by atoms with van der Waals surface area (Å²) in [4.78, 5) is 12.2. The molecule has 0 bridgehead atoms. The quantitative estimate of drug-likeness (QED) is 0.578. The van der Waals surface area contributed by atoms with Gasteiger partial charge in [0.2, 0.25) is 0 Å². The lowest BCUT2D eigenvalue weighted by Gasteiger charge is -2.21.